The van der Waals surface area contributed by atoms with Crippen LogP contribution in [0.2, 0.25) is 15.7 Å². The van der Waals surface area contributed by atoms with Crippen LogP contribution in [-0.4, -0.2) is 63.3 Å². The first-order valence-electron chi connectivity index (χ1n) is 36.1. The first-order chi connectivity index (χ1) is 55.9. The van der Waals surface area contributed by atoms with Gasteiger partial charge in [-0.25, -0.2) is 29.5 Å². The molecule has 0 bridgehead atoms. The van der Waals surface area contributed by atoms with E-state index in [2.05, 4.69) is 393 Å². The summed E-state index contributed by atoms with van der Waals surface area (Å²) in [6, 6.07) is 145. The van der Waals surface area contributed by atoms with Gasteiger partial charge in [0.1, 0.15) is 5.15 Å². The van der Waals surface area contributed by atoms with E-state index in [0.717, 1.165) is 5.56 Å². The maximum atomic E-state index is 11.2. The molecule has 0 fully saturated rings. The molecule has 0 saturated heterocycles. The number of carbonyl (C=O) groups excluding carboxylic acids is 2. The van der Waals surface area contributed by atoms with Crippen LogP contribution in [0.15, 0.2) is 437 Å². The maximum Gasteiger partial charge on any atom is 0.488 e. The smallest absolute Gasteiger partial charge is 0.465 e. The Morgan fingerprint density at radius 3 is 0.658 bits per heavy atom. The predicted molar refractivity (Wildman–Crippen MR) is 493 cm³/mol. The van der Waals surface area contributed by atoms with Gasteiger partial charge in [-0.3, -0.25) is 4.70 Å². The number of nitrogens with zero attached hydrogens (tertiary/aromatic N) is 4. The van der Waals surface area contributed by atoms with Crippen molar-refractivity contribution >= 4 is 155 Å². The number of benzene rings is 14. The maximum absolute atomic E-state index is 11.2. The Balaban J connectivity index is 0.000000190. The number of hydrogen-bond donors (Lipinski definition) is 2. The molecule has 0 aliphatic carbocycles. The Bertz CT molecular complexity index is 4550. The first-order valence-corrected chi connectivity index (χ1v) is 42.6. The fourth-order valence-corrected chi connectivity index (χ4v) is 21.0. The zero-order valence-electron chi connectivity index (χ0n) is 63.1. The van der Waals surface area contributed by atoms with Crippen molar-refractivity contribution in [3.8, 4) is 11.3 Å². The SMILES string of the molecule is C.COC(=O)c1ccc(-c2ccnc(Cl)n2)cc1.COC(=O)c1ccc(B(O)O)cc1.Clc1ccnc(Cl)n1.F.[Pd].c1ccc(P(c2ccccc2)c2ccccc2)cc1.c1ccc(P(c2ccccc2)c2ccccc2)cc1.c1ccc(P(c2ccccc2)c2ccccc2)cc1.c1ccc(P(c2ccccc2)c2ccccc2)cc1. The molecule has 0 atom stereocenters. The number of ether oxygens (including phenoxy) is 2. The topological polar surface area (TPSA) is 145 Å². The van der Waals surface area contributed by atoms with Gasteiger partial charge >= 0.3 is 19.1 Å². The van der Waals surface area contributed by atoms with Crippen LogP contribution in [-0.2, 0) is 29.9 Å². The monoisotopic (exact) mass is 1770 g/mol. The van der Waals surface area contributed by atoms with Gasteiger partial charge in [-0.2, -0.15) is 0 Å². The first kappa shape index (κ1) is 93.5. The minimum absolute atomic E-state index is 0. The van der Waals surface area contributed by atoms with Crippen LogP contribution in [0.5, 0.6) is 0 Å². The molecule has 2 heterocycles. The number of methoxy groups -OCH3 is 2. The summed E-state index contributed by atoms with van der Waals surface area (Å²) in [4.78, 5) is 37.3. The van der Waals surface area contributed by atoms with E-state index in [1.165, 1.54) is 108 Å². The second-order valence-electron chi connectivity index (χ2n) is 24.3. The number of esters is 2. The number of hydrogen-bond acceptors (Lipinski definition) is 10. The minimum Gasteiger partial charge on any atom is -0.465 e. The van der Waals surface area contributed by atoms with Gasteiger partial charge in [0, 0.05) is 38.4 Å². The average Bonchev–Trinajstić information content (AvgIpc) is 0.833. The molecule has 0 amide bonds. The van der Waals surface area contributed by atoms with E-state index in [-0.39, 0.29) is 49.1 Å². The molecule has 16 rings (SSSR count). The van der Waals surface area contributed by atoms with Gasteiger partial charge in [0.15, 0.2) is 0 Å². The Morgan fingerprint density at radius 2 is 0.487 bits per heavy atom. The molecular weight excluding hydrogens is 1680 g/mol. The van der Waals surface area contributed by atoms with Crippen LogP contribution < -0.4 is 69.1 Å². The van der Waals surface area contributed by atoms with Gasteiger partial charge in [-0.15, -0.1) is 0 Å². The average molecular weight is 1770 g/mol. The summed E-state index contributed by atoms with van der Waals surface area (Å²) in [7, 11) is -0.655. The van der Waals surface area contributed by atoms with Crippen LogP contribution in [0.25, 0.3) is 11.3 Å². The molecule has 20 heteroatoms. The molecule has 14 aromatic carbocycles. The summed E-state index contributed by atoms with van der Waals surface area (Å²) < 4.78 is 9.09. The molecule has 2 N–H and O–H groups in total. The van der Waals surface area contributed by atoms with Crippen molar-refractivity contribution in [3.05, 3.63) is 464 Å². The van der Waals surface area contributed by atoms with Gasteiger partial charge in [0.05, 0.1) is 31.0 Å². The summed E-state index contributed by atoms with van der Waals surface area (Å²) in [6.45, 7) is 0. The number of aromatic nitrogens is 4. The van der Waals surface area contributed by atoms with Crippen molar-refractivity contribution in [2.24, 2.45) is 0 Å². The third-order valence-electron chi connectivity index (χ3n) is 16.6. The summed E-state index contributed by atoms with van der Waals surface area (Å²) in [6.07, 6.45) is 3.08. The molecule has 590 valence electrons. The van der Waals surface area contributed by atoms with Gasteiger partial charge in [0.25, 0.3) is 0 Å². The fourth-order valence-electron chi connectivity index (χ4n) is 11.3. The molecular formula is C97H85BCl3FN4O6P4Pd. The second kappa shape index (κ2) is 52.1. The second-order valence-corrected chi connectivity index (χ2v) is 34.2. The Hall–Kier alpha value is -10.7. The Labute approximate surface area is 719 Å². The Kier molecular flexibility index (Phi) is 41.7. The number of carbonyl (C=O) groups is 2. The van der Waals surface area contributed by atoms with Crippen LogP contribution in [0.1, 0.15) is 28.1 Å². The van der Waals surface area contributed by atoms with Crippen molar-refractivity contribution in [2.75, 3.05) is 14.2 Å². The Morgan fingerprint density at radius 1 is 0.291 bits per heavy atom. The summed E-state index contributed by atoms with van der Waals surface area (Å²) in [5.41, 5.74) is 2.79. The van der Waals surface area contributed by atoms with E-state index in [0.29, 0.717) is 27.4 Å². The van der Waals surface area contributed by atoms with E-state index in [4.69, 9.17) is 44.9 Å². The van der Waals surface area contributed by atoms with Crippen molar-refractivity contribution in [3.63, 3.8) is 0 Å². The third-order valence-corrected chi connectivity index (χ3v) is 27.0. The molecule has 0 spiro atoms. The summed E-state index contributed by atoms with van der Waals surface area (Å²) >= 11 is 16.5. The van der Waals surface area contributed by atoms with E-state index < -0.39 is 44.8 Å². The zero-order chi connectivity index (χ0) is 79.7. The minimum atomic E-state index is -1.51. The van der Waals surface area contributed by atoms with Crippen molar-refractivity contribution in [2.45, 2.75) is 7.43 Å². The van der Waals surface area contributed by atoms with E-state index in [1.54, 1.807) is 42.6 Å². The molecule has 2 aromatic heterocycles. The zero-order valence-corrected chi connectivity index (χ0v) is 70.5. The van der Waals surface area contributed by atoms with Crippen molar-refractivity contribution in [1.82, 2.24) is 19.9 Å². The van der Waals surface area contributed by atoms with Crippen LogP contribution in [0.3, 0.4) is 0 Å². The van der Waals surface area contributed by atoms with Crippen LogP contribution in [0, 0.1) is 0 Å². The van der Waals surface area contributed by atoms with Gasteiger partial charge in [-0.05, 0) is 160 Å². The van der Waals surface area contributed by atoms with Gasteiger partial charge < -0.3 is 19.5 Å². The standard InChI is InChI=1S/4C18H15P.C12H9ClN2O2.C8H9BO4.C4H2Cl2N2.CH4.FH.Pd/c4*1-4-10-16(11-5-1)19(17-12-6-2-7-13-17)18-14-8-3-9-15-18;1-17-11(16)9-4-2-8(3-5-9)10-6-7-14-12(13)15-10;1-13-8(10)6-2-4-7(5-3-6)9(11)12;5-3-1-2-7-4(6)8-3;;;/h4*1-15H;2-7H,1H3;2-5,11-12H,1H3;1-2H;1H4;1H;. The molecule has 16 aromatic rings. The quantitative estimate of drug-likeness (QED) is 0.0315. The van der Waals surface area contributed by atoms with E-state index in [1.807, 2.05) is 0 Å². The molecule has 0 saturated carbocycles. The van der Waals surface area contributed by atoms with Crippen molar-refractivity contribution in [1.29, 1.82) is 0 Å². The molecule has 117 heavy (non-hydrogen) atoms. The molecule has 10 nitrogen and oxygen atoms in total. The number of rotatable bonds is 16. The van der Waals surface area contributed by atoms with E-state index in [9.17, 15) is 9.59 Å². The van der Waals surface area contributed by atoms with Crippen LogP contribution in [0.4, 0.5) is 4.70 Å². The van der Waals surface area contributed by atoms with Gasteiger partial charge in [0.2, 0.25) is 10.6 Å². The van der Waals surface area contributed by atoms with Gasteiger partial charge in [-0.1, -0.05) is 407 Å². The normalized spacial score (nSPS) is 10.0. The van der Waals surface area contributed by atoms with Crippen LogP contribution >= 0.6 is 66.5 Å². The third kappa shape index (κ3) is 30.1. The largest absolute Gasteiger partial charge is 0.488 e. The fraction of sp³-hybridized carbons (Fsp3) is 0.0309. The van der Waals surface area contributed by atoms with Crippen molar-refractivity contribution < 1.29 is 54.2 Å². The van der Waals surface area contributed by atoms with E-state index >= 15 is 0 Å². The molecule has 0 radical (unpaired) electrons. The molecule has 0 aliphatic heterocycles. The predicted octanol–water partition coefficient (Wildman–Crippen LogP) is 18.1. The number of halogens is 4. The molecule has 0 unspecified atom stereocenters. The summed E-state index contributed by atoms with van der Waals surface area (Å²) in [5, 5.41) is 35.0. The molecule has 0 aliphatic rings. The summed E-state index contributed by atoms with van der Waals surface area (Å²) in [5.74, 6) is -0.809.